The molecule has 5 nitrogen and oxygen atoms in total. The molecule has 0 bridgehead atoms. The molecule has 1 saturated heterocycles. The van der Waals surface area contributed by atoms with E-state index in [2.05, 4.69) is 36.9 Å². The third-order valence-corrected chi connectivity index (χ3v) is 6.43. The van der Waals surface area contributed by atoms with Gasteiger partial charge in [-0.2, -0.15) is 0 Å². The van der Waals surface area contributed by atoms with Crippen LogP contribution in [-0.2, 0) is 0 Å². The fraction of sp³-hybridized carbons (Fsp3) is 0.259. The number of amidine groups is 1. The van der Waals surface area contributed by atoms with Gasteiger partial charge in [0.15, 0.2) is 5.75 Å². The molecule has 0 saturated carbocycles. The summed E-state index contributed by atoms with van der Waals surface area (Å²) in [7, 11) is 0. The lowest BCUT2D eigenvalue weighted by Crippen LogP contribution is -2.55. The van der Waals surface area contributed by atoms with Gasteiger partial charge in [0, 0.05) is 36.3 Å². The van der Waals surface area contributed by atoms with E-state index in [1.54, 1.807) is 12.1 Å². The first-order valence-electron chi connectivity index (χ1n) is 11.2. The number of benzene rings is 3. The zero-order valence-corrected chi connectivity index (χ0v) is 19.8. The van der Waals surface area contributed by atoms with E-state index in [-0.39, 0.29) is 11.9 Å². The van der Waals surface area contributed by atoms with Crippen LogP contribution in [-0.4, -0.2) is 47.2 Å². The Labute approximate surface area is 199 Å². The molecule has 2 aliphatic rings. The number of amides is 1. The van der Waals surface area contributed by atoms with Crippen molar-refractivity contribution in [2.75, 3.05) is 19.6 Å². The molecule has 3 aromatic carbocycles. The van der Waals surface area contributed by atoms with Crippen LogP contribution in [0.1, 0.15) is 34.0 Å². The molecule has 2 aliphatic heterocycles. The van der Waals surface area contributed by atoms with Crippen LogP contribution < -0.4 is 4.74 Å². The van der Waals surface area contributed by atoms with Gasteiger partial charge in [0.05, 0.1) is 5.56 Å². The second-order valence-corrected chi connectivity index (χ2v) is 9.25. The highest BCUT2D eigenvalue weighted by Crippen LogP contribution is 2.39. The number of nitrogens with zero attached hydrogens (tertiary/aromatic N) is 3. The summed E-state index contributed by atoms with van der Waals surface area (Å²) in [5.41, 5.74) is 4.69. The molecule has 1 amide bonds. The van der Waals surface area contributed by atoms with E-state index in [1.807, 2.05) is 42.2 Å². The van der Waals surface area contributed by atoms with Gasteiger partial charge in [-0.05, 0) is 68.8 Å². The monoisotopic (exact) mass is 459 g/mol. The zero-order valence-electron chi connectivity index (χ0n) is 19.0. The molecule has 1 fully saturated rings. The number of ether oxygens (including phenoxy) is 1. The molecular weight excluding hydrogens is 434 g/mol. The molecule has 33 heavy (non-hydrogen) atoms. The van der Waals surface area contributed by atoms with Gasteiger partial charge in [-0.25, -0.2) is 4.99 Å². The Morgan fingerprint density at radius 1 is 1.00 bits per heavy atom. The van der Waals surface area contributed by atoms with Gasteiger partial charge in [0.25, 0.3) is 5.91 Å². The number of hydrogen-bond acceptors (Lipinski definition) is 4. The van der Waals surface area contributed by atoms with Crippen LogP contribution >= 0.6 is 11.6 Å². The van der Waals surface area contributed by atoms with Gasteiger partial charge < -0.3 is 14.5 Å². The molecular formula is C27H26ClN3O2. The van der Waals surface area contributed by atoms with Crippen molar-refractivity contribution in [3.8, 4) is 11.5 Å². The number of halogens is 1. The van der Waals surface area contributed by atoms with Gasteiger partial charge in [-0.1, -0.05) is 35.4 Å². The summed E-state index contributed by atoms with van der Waals surface area (Å²) in [5.74, 6) is 2.46. The summed E-state index contributed by atoms with van der Waals surface area (Å²) in [6.07, 6.45) is 0. The molecule has 3 aromatic rings. The number of hydrogen-bond donors (Lipinski definition) is 0. The van der Waals surface area contributed by atoms with E-state index < -0.39 is 0 Å². The Morgan fingerprint density at radius 2 is 1.79 bits per heavy atom. The number of aryl methyl sites for hydroxylation is 2. The zero-order chi connectivity index (χ0) is 23.1. The Balaban J connectivity index is 1.47. The van der Waals surface area contributed by atoms with E-state index in [1.165, 1.54) is 0 Å². The van der Waals surface area contributed by atoms with Gasteiger partial charge in [0.1, 0.15) is 17.3 Å². The number of rotatable bonds is 1. The molecule has 1 atom stereocenters. The topological polar surface area (TPSA) is 45.1 Å². The van der Waals surface area contributed by atoms with Gasteiger partial charge in [-0.15, -0.1) is 0 Å². The fourth-order valence-electron chi connectivity index (χ4n) is 4.48. The summed E-state index contributed by atoms with van der Waals surface area (Å²) in [6, 6.07) is 19.4. The van der Waals surface area contributed by atoms with Crippen molar-refractivity contribution in [3.05, 3.63) is 87.9 Å². The molecule has 5 rings (SSSR count). The van der Waals surface area contributed by atoms with Crippen molar-refractivity contribution < 1.29 is 9.53 Å². The lowest BCUT2D eigenvalue weighted by Gasteiger charge is -2.41. The van der Waals surface area contributed by atoms with Crippen molar-refractivity contribution in [1.29, 1.82) is 0 Å². The van der Waals surface area contributed by atoms with E-state index in [4.69, 9.17) is 21.3 Å². The predicted octanol–water partition coefficient (Wildman–Crippen LogP) is 5.99. The van der Waals surface area contributed by atoms with Crippen LogP contribution in [0.3, 0.4) is 0 Å². The molecule has 6 heteroatoms. The molecule has 0 unspecified atom stereocenters. The fourth-order valence-corrected chi connectivity index (χ4v) is 4.67. The van der Waals surface area contributed by atoms with Crippen LogP contribution in [0.2, 0.25) is 5.02 Å². The molecule has 0 radical (unpaired) electrons. The summed E-state index contributed by atoms with van der Waals surface area (Å²) < 4.78 is 6.30. The second-order valence-electron chi connectivity index (χ2n) is 8.81. The highest BCUT2D eigenvalue weighted by atomic mass is 35.5. The first kappa shape index (κ1) is 21.5. The minimum Gasteiger partial charge on any atom is -0.454 e. The highest BCUT2D eigenvalue weighted by molar-refractivity contribution is 6.31. The highest BCUT2D eigenvalue weighted by Gasteiger charge is 2.32. The number of aliphatic imine (C=N–C) groups is 1. The average Bonchev–Trinajstić information content (AvgIpc) is 2.94. The van der Waals surface area contributed by atoms with Crippen LogP contribution in [0.25, 0.3) is 0 Å². The largest absolute Gasteiger partial charge is 0.454 e. The molecule has 0 aliphatic carbocycles. The van der Waals surface area contributed by atoms with E-state index in [0.717, 1.165) is 39.7 Å². The number of carbonyl (C=O) groups excluding carboxylic acids is 1. The number of carbonyl (C=O) groups is 1. The van der Waals surface area contributed by atoms with Crippen LogP contribution in [0.15, 0.2) is 65.7 Å². The lowest BCUT2D eigenvalue weighted by atomic mass is 10.1. The van der Waals surface area contributed by atoms with E-state index >= 15 is 0 Å². The normalized spacial score (nSPS) is 17.5. The van der Waals surface area contributed by atoms with Crippen LogP contribution in [0, 0.1) is 13.8 Å². The summed E-state index contributed by atoms with van der Waals surface area (Å²) in [5, 5.41) is 0.570. The second kappa shape index (κ2) is 8.56. The Kier molecular flexibility index (Phi) is 5.59. The van der Waals surface area contributed by atoms with Gasteiger partial charge >= 0.3 is 0 Å². The molecule has 0 N–H and O–H groups in total. The Bertz CT molecular complexity index is 1270. The molecule has 0 spiro atoms. The Morgan fingerprint density at radius 3 is 2.58 bits per heavy atom. The summed E-state index contributed by atoms with van der Waals surface area (Å²) in [6.45, 7) is 8.17. The standard InChI is InChI=1S/C27H26ClN3O2/c1-17-8-10-24-22(13-17)26(29-23-9-7-18(2)14-25(23)33-24)30-11-12-31(19(3)16-30)27(32)20-5-4-6-21(28)15-20/h4-10,13-15,19H,11-12,16H2,1-3H3/t19-/m0/s1. The number of piperazine rings is 1. The first-order valence-corrected chi connectivity index (χ1v) is 11.6. The maximum absolute atomic E-state index is 13.1. The molecule has 2 heterocycles. The third kappa shape index (κ3) is 4.21. The number of fused-ring (bicyclic) bond motifs is 2. The predicted molar refractivity (Wildman–Crippen MR) is 132 cm³/mol. The van der Waals surface area contributed by atoms with Gasteiger partial charge in [0.2, 0.25) is 0 Å². The third-order valence-electron chi connectivity index (χ3n) is 6.20. The van der Waals surface area contributed by atoms with E-state index in [9.17, 15) is 4.79 Å². The Hall–Kier alpha value is -3.31. The minimum absolute atomic E-state index is 0.00727. The van der Waals surface area contributed by atoms with Gasteiger partial charge in [-0.3, -0.25) is 4.79 Å². The average molecular weight is 460 g/mol. The van der Waals surface area contributed by atoms with E-state index in [0.29, 0.717) is 30.2 Å². The molecule has 168 valence electrons. The minimum atomic E-state index is 0.00727. The lowest BCUT2D eigenvalue weighted by molar-refractivity contribution is 0.0581. The van der Waals surface area contributed by atoms with Crippen molar-refractivity contribution in [1.82, 2.24) is 9.80 Å². The summed E-state index contributed by atoms with van der Waals surface area (Å²) >= 11 is 6.11. The van der Waals surface area contributed by atoms with Crippen molar-refractivity contribution >= 4 is 29.0 Å². The quantitative estimate of drug-likeness (QED) is 0.449. The van der Waals surface area contributed by atoms with Crippen LogP contribution in [0.4, 0.5) is 5.69 Å². The maximum atomic E-state index is 13.1. The van der Waals surface area contributed by atoms with Crippen molar-refractivity contribution in [3.63, 3.8) is 0 Å². The smallest absolute Gasteiger partial charge is 0.254 e. The van der Waals surface area contributed by atoms with Crippen LogP contribution in [0.5, 0.6) is 11.5 Å². The summed E-state index contributed by atoms with van der Waals surface area (Å²) in [4.78, 5) is 22.4. The van der Waals surface area contributed by atoms with Crippen molar-refractivity contribution in [2.24, 2.45) is 4.99 Å². The first-order chi connectivity index (χ1) is 15.9. The van der Waals surface area contributed by atoms with Crippen molar-refractivity contribution in [2.45, 2.75) is 26.8 Å². The SMILES string of the molecule is Cc1ccc2c(c1)Oc1ccc(C)cc1C(N1CCN(C(=O)c3cccc(Cl)c3)[C@@H](C)C1)=N2. The maximum Gasteiger partial charge on any atom is 0.254 e. The molecule has 0 aromatic heterocycles.